The van der Waals surface area contributed by atoms with E-state index in [1.807, 2.05) is 36.4 Å². The fraction of sp³-hybridized carbons (Fsp3) is 0.235. The SMILES string of the molecule is COc1c(O)cc(C2CNC(=O)C2)cc1-c1ccccc1. The van der Waals surface area contributed by atoms with Gasteiger partial charge in [0, 0.05) is 24.4 Å². The molecule has 0 bridgehead atoms. The highest BCUT2D eigenvalue weighted by molar-refractivity contribution is 5.80. The molecule has 2 N–H and O–H groups in total. The Morgan fingerprint density at radius 2 is 2.00 bits per heavy atom. The number of benzene rings is 2. The molecule has 4 nitrogen and oxygen atoms in total. The molecule has 1 atom stereocenters. The van der Waals surface area contributed by atoms with Crippen molar-refractivity contribution >= 4 is 5.91 Å². The maximum Gasteiger partial charge on any atom is 0.220 e. The van der Waals surface area contributed by atoms with Gasteiger partial charge in [-0.2, -0.15) is 0 Å². The number of ether oxygens (including phenoxy) is 1. The van der Waals surface area contributed by atoms with Gasteiger partial charge in [0.05, 0.1) is 7.11 Å². The summed E-state index contributed by atoms with van der Waals surface area (Å²) in [6.07, 6.45) is 0.458. The van der Waals surface area contributed by atoms with E-state index in [0.29, 0.717) is 18.7 Å². The number of hydrogen-bond donors (Lipinski definition) is 2. The van der Waals surface area contributed by atoms with Crippen molar-refractivity contribution < 1.29 is 14.6 Å². The highest BCUT2D eigenvalue weighted by Crippen LogP contribution is 2.41. The third kappa shape index (κ3) is 2.57. The number of carbonyl (C=O) groups is 1. The van der Waals surface area contributed by atoms with E-state index in [0.717, 1.165) is 16.7 Å². The van der Waals surface area contributed by atoms with E-state index in [1.165, 1.54) is 0 Å². The molecule has 0 aliphatic carbocycles. The first-order valence-electron chi connectivity index (χ1n) is 6.92. The summed E-state index contributed by atoms with van der Waals surface area (Å²) in [6.45, 7) is 0.610. The molecule has 108 valence electrons. The molecule has 21 heavy (non-hydrogen) atoms. The first kappa shape index (κ1) is 13.5. The monoisotopic (exact) mass is 283 g/mol. The molecule has 3 rings (SSSR count). The maximum absolute atomic E-state index is 11.4. The van der Waals surface area contributed by atoms with E-state index in [4.69, 9.17) is 4.74 Å². The van der Waals surface area contributed by atoms with Gasteiger partial charge in [0.2, 0.25) is 5.91 Å². The minimum Gasteiger partial charge on any atom is -0.504 e. The fourth-order valence-corrected chi connectivity index (χ4v) is 2.76. The zero-order valence-corrected chi connectivity index (χ0v) is 11.8. The average molecular weight is 283 g/mol. The Bertz CT molecular complexity index is 667. The molecule has 1 fully saturated rings. The first-order valence-corrected chi connectivity index (χ1v) is 6.92. The van der Waals surface area contributed by atoms with Crippen LogP contribution in [0.1, 0.15) is 17.9 Å². The largest absolute Gasteiger partial charge is 0.504 e. The maximum atomic E-state index is 11.4. The van der Waals surface area contributed by atoms with Crippen LogP contribution in [-0.4, -0.2) is 24.7 Å². The lowest BCUT2D eigenvalue weighted by Crippen LogP contribution is -2.13. The normalized spacial score (nSPS) is 17.6. The molecule has 0 radical (unpaired) electrons. The number of hydrogen-bond acceptors (Lipinski definition) is 3. The standard InChI is InChI=1S/C17H17NO3/c1-21-17-14(11-5-3-2-4-6-11)7-12(8-15(17)19)13-9-16(20)18-10-13/h2-8,13,19H,9-10H2,1H3,(H,18,20). The lowest BCUT2D eigenvalue weighted by atomic mass is 9.93. The summed E-state index contributed by atoms with van der Waals surface area (Å²) < 4.78 is 5.34. The molecule has 0 spiro atoms. The molecule has 1 aliphatic heterocycles. The topological polar surface area (TPSA) is 58.6 Å². The van der Waals surface area contributed by atoms with E-state index in [9.17, 15) is 9.90 Å². The summed E-state index contributed by atoms with van der Waals surface area (Å²) in [5, 5.41) is 13.1. The minimum absolute atomic E-state index is 0.0524. The smallest absolute Gasteiger partial charge is 0.220 e. The number of aromatic hydroxyl groups is 1. The summed E-state index contributed by atoms with van der Waals surface area (Å²) >= 11 is 0. The number of amides is 1. The summed E-state index contributed by atoms with van der Waals surface area (Å²) in [6, 6.07) is 13.5. The second kappa shape index (κ2) is 5.48. The second-order valence-electron chi connectivity index (χ2n) is 5.19. The number of phenolic OH excluding ortho intramolecular Hbond substituents is 1. The van der Waals surface area contributed by atoms with Gasteiger partial charge in [0.15, 0.2) is 11.5 Å². The molecule has 1 unspecified atom stereocenters. The van der Waals surface area contributed by atoms with Crippen LogP contribution in [0.3, 0.4) is 0 Å². The average Bonchev–Trinajstić information content (AvgIpc) is 2.94. The van der Waals surface area contributed by atoms with Crippen LogP contribution in [0.4, 0.5) is 0 Å². The Morgan fingerprint density at radius 3 is 2.62 bits per heavy atom. The van der Waals surface area contributed by atoms with Gasteiger partial charge in [-0.25, -0.2) is 0 Å². The van der Waals surface area contributed by atoms with Crippen LogP contribution in [0.15, 0.2) is 42.5 Å². The molecular formula is C17H17NO3. The summed E-state index contributed by atoms with van der Waals surface area (Å²) in [7, 11) is 1.54. The zero-order chi connectivity index (χ0) is 14.8. The van der Waals surface area contributed by atoms with Crippen molar-refractivity contribution in [1.82, 2.24) is 5.32 Å². The Kier molecular flexibility index (Phi) is 3.52. The lowest BCUT2D eigenvalue weighted by Gasteiger charge is -2.15. The minimum atomic E-state index is 0.0524. The quantitative estimate of drug-likeness (QED) is 0.910. The van der Waals surface area contributed by atoms with Crippen LogP contribution in [-0.2, 0) is 4.79 Å². The predicted molar refractivity (Wildman–Crippen MR) is 80.5 cm³/mol. The molecule has 0 aromatic heterocycles. The summed E-state index contributed by atoms with van der Waals surface area (Å²) in [4.78, 5) is 11.4. The van der Waals surface area contributed by atoms with Gasteiger partial charge in [0.1, 0.15) is 0 Å². The molecular weight excluding hydrogens is 266 g/mol. The van der Waals surface area contributed by atoms with E-state index in [2.05, 4.69) is 5.32 Å². The van der Waals surface area contributed by atoms with Crippen molar-refractivity contribution in [3.8, 4) is 22.6 Å². The van der Waals surface area contributed by atoms with Crippen LogP contribution in [0.2, 0.25) is 0 Å². The van der Waals surface area contributed by atoms with Crippen molar-refractivity contribution in [3.63, 3.8) is 0 Å². The van der Waals surface area contributed by atoms with Crippen molar-refractivity contribution in [3.05, 3.63) is 48.0 Å². The van der Waals surface area contributed by atoms with Crippen LogP contribution < -0.4 is 10.1 Å². The van der Waals surface area contributed by atoms with Gasteiger partial charge in [-0.05, 0) is 23.3 Å². The highest BCUT2D eigenvalue weighted by Gasteiger charge is 2.25. The molecule has 1 heterocycles. The highest BCUT2D eigenvalue weighted by atomic mass is 16.5. The first-order chi connectivity index (χ1) is 10.2. The van der Waals surface area contributed by atoms with E-state index >= 15 is 0 Å². The van der Waals surface area contributed by atoms with Crippen molar-refractivity contribution in [2.24, 2.45) is 0 Å². The second-order valence-corrected chi connectivity index (χ2v) is 5.19. The fourth-order valence-electron chi connectivity index (χ4n) is 2.76. The van der Waals surface area contributed by atoms with Gasteiger partial charge in [-0.3, -0.25) is 4.79 Å². The van der Waals surface area contributed by atoms with E-state index < -0.39 is 0 Å². The molecule has 1 saturated heterocycles. The zero-order valence-electron chi connectivity index (χ0n) is 11.8. The Labute approximate surface area is 123 Å². The van der Waals surface area contributed by atoms with E-state index in [1.54, 1.807) is 13.2 Å². The molecule has 2 aromatic carbocycles. The van der Waals surface area contributed by atoms with Crippen molar-refractivity contribution in [2.75, 3.05) is 13.7 Å². The van der Waals surface area contributed by atoms with Crippen LogP contribution in [0.25, 0.3) is 11.1 Å². The molecule has 2 aromatic rings. The van der Waals surface area contributed by atoms with Gasteiger partial charge in [-0.1, -0.05) is 30.3 Å². The number of carbonyl (C=O) groups excluding carboxylic acids is 1. The Balaban J connectivity index is 2.09. The number of methoxy groups -OCH3 is 1. The van der Waals surface area contributed by atoms with Gasteiger partial charge >= 0.3 is 0 Å². The van der Waals surface area contributed by atoms with Crippen LogP contribution >= 0.6 is 0 Å². The number of nitrogens with one attached hydrogen (secondary N) is 1. The predicted octanol–water partition coefficient (Wildman–Crippen LogP) is 2.67. The van der Waals surface area contributed by atoms with E-state index in [-0.39, 0.29) is 17.6 Å². The summed E-state index contributed by atoms with van der Waals surface area (Å²) in [5.41, 5.74) is 2.77. The van der Waals surface area contributed by atoms with Crippen molar-refractivity contribution in [2.45, 2.75) is 12.3 Å². The van der Waals surface area contributed by atoms with Gasteiger partial charge in [0.25, 0.3) is 0 Å². The van der Waals surface area contributed by atoms with Crippen LogP contribution in [0, 0.1) is 0 Å². The Morgan fingerprint density at radius 1 is 1.24 bits per heavy atom. The van der Waals surface area contributed by atoms with Gasteiger partial charge in [-0.15, -0.1) is 0 Å². The molecule has 1 amide bonds. The van der Waals surface area contributed by atoms with Gasteiger partial charge < -0.3 is 15.2 Å². The lowest BCUT2D eigenvalue weighted by molar-refractivity contribution is -0.119. The summed E-state index contributed by atoms with van der Waals surface area (Å²) in [5.74, 6) is 0.712. The Hall–Kier alpha value is -2.49. The van der Waals surface area contributed by atoms with Crippen LogP contribution in [0.5, 0.6) is 11.5 Å². The third-order valence-electron chi connectivity index (χ3n) is 3.83. The van der Waals surface area contributed by atoms with Crippen molar-refractivity contribution in [1.29, 1.82) is 0 Å². The number of rotatable bonds is 3. The molecule has 1 aliphatic rings. The third-order valence-corrected chi connectivity index (χ3v) is 3.83. The number of phenols is 1. The molecule has 4 heteroatoms. The molecule has 0 saturated carbocycles.